The third-order valence-electron chi connectivity index (χ3n) is 2.73. The predicted octanol–water partition coefficient (Wildman–Crippen LogP) is 3.64. The fourth-order valence-corrected chi connectivity index (χ4v) is 2.78. The zero-order valence-electron chi connectivity index (χ0n) is 14.7. The van der Waals surface area contributed by atoms with Gasteiger partial charge in [-0.05, 0) is 6.07 Å². The maximum absolute atomic E-state index is 11.1. The minimum atomic E-state index is -1.62. The molecule has 118 valence electrons. The zero-order chi connectivity index (χ0) is 17.0. The molecule has 0 unspecified atom stereocenters. The van der Waals surface area contributed by atoms with Crippen LogP contribution in [-0.4, -0.2) is 28.4 Å². The standard InChI is InChI=1S/C18H26O2Si2/c1-20-17-11-9-8-10-16(17)18(19,12-14-21(2,3)4)13-15-22(5,6)7/h8-11,19H,1-7H3. The van der Waals surface area contributed by atoms with E-state index in [1.54, 1.807) is 7.11 Å². The number of benzene rings is 1. The molecule has 0 saturated carbocycles. The third kappa shape index (κ3) is 5.73. The number of hydrogen-bond donors (Lipinski definition) is 1. The molecule has 0 saturated heterocycles. The zero-order valence-corrected chi connectivity index (χ0v) is 16.7. The average Bonchev–Trinajstić information content (AvgIpc) is 2.41. The molecule has 1 rings (SSSR count). The van der Waals surface area contributed by atoms with Crippen LogP contribution in [0.4, 0.5) is 0 Å². The smallest absolute Gasteiger partial charge is 0.216 e. The Morgan fingerprint density at radius 1 is 0.909 bits per heavy atom. The lowest BCUT2D eigenvalue weighted by Gasteiger charge is -2.21. The van der Waals surface area contributed by atoms with Gasteiger partial charge in [-0.25, -0.2) is 0 Å². The van der Waals surface area contributed by atoms with Crippen molar-refractivity contribution in [2.75, 3.05) is 7.11 Å². The Balaban J connectivity index is 3.51. The van der Waals surface area contributed by atoms with Crippen LogP contribution in [0.3, 0.4) is 0 Å². The van der Waals surface area contributed by atoms with Gasteiger partial charge in [0.1, 0.15) is 21.9 Å². The van der Waals surface area contributed by atoms with Crippen molar-refractivity contribution in [2.24, 2.45) is 0 Å². The molecule has 1 N–H and O–H groups in total. The summed E-state index contributed by atoms with van der Waals surface area (Å²) in [7, 11) is -1.65. The van der Waals surface area contributed by atoms with Gasteiger partial charge in [0.15, 0.2) is 0 Å². The maximum atomic E-state index is 11.1. The van der Waals surface area contributed by atoms with Crippen molar-refractivity contribution in [2.45, 2.75) is 44.9 Å². The molecule has 22 heavy (non-hydrogen) atoms. The number of aliphatic hydroxyl groups is 1. The van der Waals surface area contributed by atoms with E-state index in [0.717, 1.165) is 0 Å². The first-order valence-electron chi connectivity index (χ1n) is 7.41. The molecule has 0 bridgehead atoms. The molecule has 4 heteroatoms. The largest absolute Gasteiger partial charge is 0.496 e. The van der Waals surface area contributed by atoms with E-state index in [2.05, 4.69) is 62.2 Å². The van der Waals surface area contributed by atoms with Gasteiger partial charge in [-0.1, -0.05) is 69.3 Å². The summed E-state index contributed by atoms with van der Waals surface area (Å²) in [6.45, 7) is 12.9. The Morgan fingerprint density at radius 3 is 1.77 bits per heavy atom. The molecule has 0 heterocycles. The Labute approximate surface area is 136 Å². The quantitative estimate of drug-likeness (QED) is 0.662. The molecular formula is C18H26O2Si2. The summed E-state index contributed by atoms with van der Waals surface area (Å²) in [6, 6.07) is 7.40. The van der Waals surface area contributed by atoms with E-state index in [9.17, 15) is 5.11 Å². The second-order valence-corrected chi connectivity index (χ2v) is 16.9. The minimum Gasteiger partial charge on any atom is -0.496 e. The van der Waals surface area contributed by atoms with Gasteiger partial charge in [-0.2, -0.15) is 0 Å². The summed E-state index contributed by atoms with van der Waals surface area (Å²) in [5.74, 6) is 6.68. The van der Waals surface area contributed by atoms with Crippen LogP contribution in [0.1, 0.15) is 5.56 Å². The van der Waals surface area contributed by atoms with Gasteiger partial charge in [0.25, 0.3) is 0 Å². The monoisotopic (exact) mass is 330 g/mol. The highest BCUT2D eigenvalue weighted by Gasteiger charge is 2.29. The van der Waals surface area contributed by atoms with Crippen molar-refractivity contribution in [1.29, 1.82) is 0 Å². The SMILES string of the molecule is COc1ccccc1C(O)(C#C[Si](C)(C)C)C#C[Si](C)(C)C. The molecule has 0 aliphatic heterocycles. The van der Waals surface area contributed by atoms with E-state index >= 15 is 0 Å². The van der Waals surface area contributed by atoms with Crippen molar-refractivity contribution in [3.8, 4) is 28.7 Å². The van der Waals surface area contributed by atoms with Crippen LogP contribution in [0.5, 0.6) is 5.75 Å². The van der Waals surface area contributed by atoms with Crippen LogP contribution in [0.2, 0.25) is 39.3 Å². The summed E-state index contributed by atoms with van der Waals surface area (Å²) in [5.41, 5.74) is 5.63. The number of rotatable bonds is 2. The van der Waals surface area contributed by atoms with Gasteiger partial charge >= 0.3 is 0 Å². The van der Waals surface area contributed by atoms with Gasteiger partial charge in [-0.3, -0.25) is 0 Å². The third-order valence-corrected chi connectivity index (χ3v) is 4.48. The number of para-hydroxylation sites is 1. The molecule has 0 amide bonds. The normalized spacial score (nSPS) is 11.8. The van der Waals surface area contributed by atoms with Crippen molar-refractivity contribution < 1.29 is 9.84 Å². The fraction of sp³-hybridized carbons (Fsp3) is 0.444. The summed E-state index contributed by atoms with van der Waals surface area (Å²) in [6.07, 6.45) is 0. The van der Waals surface area contributed by atoms with Crippen LogP contribution < -0.4 is 4.74 Å². The highest BCUT2D eigenvalue weighted by molar-refractivity contribution is 6.84. The van der Waals surface area contributed by atoms with E-state index in [1.807, 2.05) is 24.3 Å². The van der Waals surface area contributed by atoms with Crippen molar-refractivity contribution >= 4 is 16.1 Å². The fourth-order valence-electron chi connectivity index (χ4n) is 1.67. The number of hydrogen-bond acceptors (Lipinski definition) is 2. The molecular weight excluding hydrogens is 304 g/mol. The van der Waals surface area contributed by atoms with Crippen LogP contribution in [0, 0.1) is 22.9 Å². The van der Waals surface area contributed by atoms with Crippen LogP contribution >= 0.6 is 0 Å². The molecule has 0 aromatic heterocycles. The van der Waals surface area contributed by atoms with E-state index < -0.39 is 21.7 Å². The second-order valence-electron chi connectivity index (χ2n) is 7.41. The van der Waals surface area contributed by atoms with Crippen molar-refractivity contribution in [1.82, 2.24) is 0 Å². The van der Waals surface area contributed by atoms with Gasteiger partial charge in [0.05, 0.1) is 12.7 Å². The lowest BCUT2D eigenvalue weighted by atomic mass is 9.95. The highest BCUT2D eigenvalue weighted by Crippen LogP contribution is 2.29. The summed E-state index contributed by atoms with van der Waals surface area (Å²) in [5, 5.41) is 11.1. The minimum absolute atomic E-state index is 0.611. The van der Waals surface area contributed by atoms with Crippen LogP contribution in [-0.2, 0) is 5.60 Å². The molecule has 0 fully saturated rings. The lowest BCUT2D eigenvalue weighted by molar-refractivity contribution is 0.160. The molecule has 0 spiro atoms. The predicted molar refractivity (Wildman–Crippen MR) is 99.1 cm³/mol. The van der Waals surface area contributed by atoms with E-state index in [4.69, 9.17) is 4.74 Å². The summed E-state index contributed by atoms with van der Waals surface area (Å²) in [4.78, 5) is 0. The Hall–Kier alpha value is -1.47. The molecule has 1 aromatic carbocycles. The Bertz CT molecular complexity index is 612. The van der Waals surface area contributed by atoms with Gasteiger partial charge < -0.3 is 9.84 Å². The average molecular weight is 331 g/mol. The van der Waals surface area contributed by atoms with Gasteiger partial charge in [-0.15, -0.1) is 11.1 Å². The molecule has 0 aliphatic rings. The number of ether oxygens (including phenoxy) is 1. The second kappa shape index (κ2) is 6.75. The van der Waals surface area contributed by atoms with E-state index in [1.165, 1.54) is 0 Å². The first-order chi connectivity index (χ1) is 9.97. The topological polar surface area (TPSA) is 29.5 Å². The number of methoxy groups -OCH3 is 1. The molecule has 0 aliphatic carbocycles. The molecule has 0 radical (unpaired) electrons. The molecule has 0 atom stereocenters. The van der Waals surface area contributed by atoms with E-state index in [-0.39, 0.29) is 0 Å². The Morgan fingerprint density at radius 2 is 1.36 bits per heavy atom. The highest BCUT2D eigenvalue weighted by atomic mass is 28.3. The van der Waals surface area contributed by atoms with Gasteiger partial charge in [0, 0.05) is 0 Å². The first-order valence-corrected chi connectivity index (χ1v) is 14.4. The Kier molecular flexibility index (Phi) is 5.70. The summed E-state index contributed by atoms with van der Waals surface area (Å²) >= 11 is 0. The maximum Gasteiger partial charge on any atom is 0.216 e. The lowest BCUT2D eigenvalue weighted by Crippen LogP contribution is -2.27. The molecule has 2 nitrogen and oxygen atoms in total. The van der Waals surface area contributed by atoms with Crippen LogP contribution in [0.15, 0.2) is 24.3 Å². The van der Waals surface area contributed by atoms with E-state index in [0.29, 0.717) is 11.3 Å². The first kappa shape index (κ1) is 18.6. The van der Waals surface area contributed by atoms with Crippen molar-refractivity contribution in [3.63, 3.8) is 0 Å². The summed E-state index contributed by atoms with van der Waals surface area (Å²) < 4.78 is 5.38. The van der Waals surface area contributed by atoms with Crippen molar-refractivity contribution in [3.05, 3.63) is 29.8 Å². The van der Waals surface area contributed by atoms with Crippen LogP contribution in [0.25, 0.3) is 0 Å². The molecule has 1 aromatic rings. The van der Waals surface area contributed by atoms with Gasteiger partial charge in [0.2, 0.25) is 5.60 Å².